The Hall–Kier alpha value is -2.06. The third kappa shape index (κ3) is 2.68. The topological polar surface area (TPSA) is 71.2 Å². The average Bonchev–Trinajstić information content (AvgIpc) is 3.22. The molecule has 0 radical (unpaired) electrons. The molecule has 1 atom stereocenters. The predicted molar refractivity (Wildman–Crippen MR) is 88.7 cm³/mol. The lowest BCUT2D eigenvalue weighted by molar-refractivity contribution is 0.164. The number of piperazine rings is 1. The monoisotopic (exact) mass is 330 g/mol. The van der Waals surface area contributed by atoms with E-state index in [2.05, 4.69) is 48.3 Å². The van der Waals surface area contributed by atoms with E-state index in [9.17, 15) is 0 Å². The van der Waals surface area contributed by atoms with E-state index in [1.165, 1.54) is 0 Å². The first-order valence-electron chi connectivity index (χ1n) is 7.70. The Balaban J connectivity index is 1.48. The van der Waals surface area contributed by atoms with Gasteiger partial charge in [0.25, 0.3) is 0 Å². The molecule has 1 aliphatic rings. The zero-order chi connectivity index (χ0) is 15.8. The maximum absolute atomic E-state index is 5.30. The van der Waals surface area contributed by atoms with E-state index in [1.54, 1.807) is 17.7 Å². The summed E-state index contributed by atoms with van der Waals surface area (Å²) in [5.74, 6) is 2.42. The molecular weight excluding hydrogens is 312 g/mol. The van der Waals surface area contributed by atoms with Crippen LogP contribution in [0.3, 0.4) is 0 Å². The van der Waals surface area contributed by atoms with Gasteiger partial charge in [0.15, 0.2) is 5.82 Å². The Morgan fingerprint density at radius 1 is 1.22 bits per heavy atom. The van der Waals surface area contributed by atoms with E-state index in [-0.39, 0.29) is 6.04 Å². The van der Waals surface area contributed by atoms with E-state index in [0.717, 1.165) is 42.2 Å². The number of aromatic nitrogens is 4. The van der Waals surface area contributed by atoms with Crippen LogP contribution in [0.4, 0.5) is 5.82 Å². The lowest BCUT2D eigenvalue weighted by Crippen LogP contribution is -2.47. The summed E-state index contributed by atoms with van der Waals surface area (Å²) in [7, 11) is 0. The van der Waals surface area contributed by atoms with Crippen LogP contribution < -0.4 is 4.90 Å². The molecule has 0 bridgehead atoms. The fourth-order valence-electron chi connectivity index (χ4n) is 2.99. The molecule has 8 heteroatoms. The normalized spacial score (nSPS) is 17.7. The Labute approximate surface area is 138 Å². The third-order valence-electron chi connectivity index (χ3n) is 4.30. The third-order valence-corrected chi connectivity index (χ3v) is 5.12. The summed E-state index contributed by atoms with van der Waals surface area (Å²) in [6.07, 6.45) is 1.66. The first kappa shape index (κ1) is 14.5. The molecule has 0 unspecified atom stereocenters. The minimum Gasteiger partial charge on any atom is -0.353 e. The molecule has 0 amide bonds. The molecule has 3 aromatic heterocycles. The maximum atomic E-state index is 5.30. The zero-order valence-corrected chi connectivity index (χ0v) is 14.0. The lowest BCUT2D eigenvalue weighted by atomic mass is 10.2. The van der Waals surface area contributed by atoms with Crippen LogP contribution in [0.15, 0.2) is 22.3 Å². The smallest absolute Gasteiger partial charge is 0.243 e. The molecule has 4 rings (SSSR count). The highest BCUT2D eigenvalue weighted by Gasteiger charge is 2.26. The van der Waals surface area contributed by atoms with Crippen LogP contribution in [0.2, 0.25) is 0 Å². The van der Waals surface area contributed by atoms with Gasteiger partial charge in [-0.05, 0) is 25.3 Å². The van der Waals surface area contributed by atoms with Crippen molar-refractivity contribution in [2.24, 2.45) is 0 Å². The van der Waals surface area contributed by atoms with E-state index < -0.39 is 0 Å². The fraction of sp³-hybridized carbons (Fsp3) is 0.467. The Bertz CT molecular complexity index is 807. The molecule has 4 heterocycles. The number of fused-ring (bicyclic) bond motifs is 1. The Morgan fingerprint density at radius 2 is 2.04 bits per heavy atom. The van der Waals surface area contributed by atoms with Gasteiger partial charge < -0.3 is 9.42 Å². The highest BCUT2D eigenvalue weighted by Crippen LogP contribution is 2.28. The molecule has 23 heavy (non-hydrogen) atoms. The molecule has 0 saturated carbocycles. The van der Waals surface area contributed by atoms with Gasteiger partial charge in [0.2, 0.25) is 5.89 Å². The molecule has 0 spiro atoms. The number of aryl methyl sites for hydroxylation is 1. The average molecular weight is 330 g/mol. The van der Waals surface area contributed by atoms with E-state index in [4.69, 9.17) is 4.52 Å². The molecule has 120 valence electrons. The second kappa shape index (κ2) is 5.86. The molecule has 1 fully saturated rings. The number of hydrogen-bond donors (Lipinski definition) is 0. The largest absolute Gasteiger partial charge is 0.353 e. The molecule has 0 aliphatic carbocycles. The number of hydrogen-bond acceptors (Lipinski definition) is 8. The van der Waals surface area contributed by atoms with Crippen LogP contribution in [-0.2, 0) is 0 Å². The summed E-state index contributed by atoms with van der Waals surface area (Å²) in [5.41, 5.74) is 0. The Kier molecular flexibility index (Phi) is 3.70. The first-order valence-corrected chi connectivity index (χ1v) is 8.58. The van der Waals surface area contributed by atoms with Crippen molar-refractivity contribution in [1.29, 1.82) is 0 Å². The molecule has 1 aliphatic heterocycles. The van der Waals surface area contributed by atoms with Gasteiger partial charge >= 0.3 is 0 Å². The highest BCUT2D eigenvalue weighted by molar-refractivity contribution is 7.16. The summed E-state index contributed by atoms with van der Waals surface area (Å²) >= 11 is 1.65. The molecule has 0 aromatic carbocycles. The molecular formula is C15H18N6OS. The summed E-state index contributed by atoms with van der Waals surface area (Å²) in [6, 6.07) is 2.25. The summed E-state index contributed by atoms with van der Waals surface area (Å²) in [6.45, 7) is 7.71. The number of thiophene rings is 1. The molecule has 1 saturated heterocycles. The van der Waals surface area contributed by atoms with Crippen molar-refractivity contribution in [1.82, 2.24) is 25.0 Å². The van der Waals surface area contributed by atoms with E-state index in [1.807, 2.05) is 6.92 Å². The van der Waals surface area contributed by atoms with Crippen LogP contribution in [0, 0.1) is 6.92 Å². The summed E-state index contributed by atoms with van der Waals surface area (Å²) in [5, 5.41) is 7.10. The second-order valence-corrected chi connectivity index (χ2v) is 6.61. The van der Waals surface area contributed by atoms with Crippen molar-refractivity contribution in [3.63, 3.8) is 0 Å². The molecule has 0 N–H and O–H groups in total. The number of nitrogens with zero attached hydrogens (tertiary/aromatic N) is 6. The quantitative estimate of drug-likeness (QED) is 0.729. The SMILES string of the molecule is Cc1noc([C@H](C)N2CCN(c3ncnc4sccc34)CC2)n1. The first-order chi connectivity index (χ1) is 11.2. The minimum absolute atomic E-state index is 0.143. The maximum Gasteiger partial charge on any atom is 0.243 e. The van der Waals surface area contributed by atoms with Crippen LogP contribution >= 0.6 is 11.3 Å². The van der Waals surface area contributed by atoms with Crippen molar-refractivity contribution in [2.75, 3.05) is 31.1 Å². The van der Waals surface area contributed by atoms with Crippen LogP contribution in [-0.4, -0.2) is 51.2 Å². The van der Waals surface area contributed by atoms with E-state index in [0.29, 0.717) is 11.7 Å². The summed E-state index contributed by atoms with van der Waals surface area (Å²) in [4.78, 5) is 18.9. The zero-order valence-electron chi connectivity index (χ0n) is 13.1. The fourth-order valence-corrected chi connectivity index (χ4v) is 3.72. The van der Waals surface area contributed by atoms with Gasteiger partial charge in [0.1, 0.15) is 17.0 Å². The minimum atomic E-state index is 0.143. The van der Waals surface area contributed by atoms with E-state index >= 15 is 0 Å². The van der Waals surface area contributed by atoms with Gasteiger partial charge in [0, 0.05) is 26.2 Å². The van der Waals surface area contributed by atoms with Crippen LogP contribution in [0.1, 0.15) is 24.7 Å². The van der Waals surface area contributed by atoms with Crippen molar-refractivity contribution in [3.8, 4) is 0 Å². The summed E-state index contributed by atoms with van der Waals surface area (Å²) < 4.78 is 5.30. The van der Waals surface area contributed by atoms with Gasteiger partial charge in [-0.25, -0.2) is 9.97 Å². The lowest BCUT2D eigenvalue weighted by Gasteiger charge is -2.37. The van der Waals surface area contributed by atoms with Gasteiger partial charge in [-0.15, -0.1) is 11.3 Å². The predicted octanol–water partition coefficient (Wildman–Crippen LogP) is 2.27. The van der Waals surface area contributed by atoms with Crippen molar-refractivity contribution < 1.29 is 4.52 Å². The second-order valence-electron chi connectivity index (χ2n) is 5.72. The van der Waals surface area contributed by atoms with Crippen LogP contribution in [0.5, 0.6) is 0 Å². The highest BCUT2D eigenvalue weighted by atomic mass is 32.1. The van der Waals surface area contributed by atoms with Gasteiger partial charge in [0.05, 0.1) is 11.4 Å². The van der Waals surface area contributed by atoms with Gasteiger partial charge in [-0.1, -0.05) is 5.16 Å². The van der Waals surface area contributed by atoms with Gasteiger partial charge in [-0.3, -0.25) is 4.90 Å². The van der Waals surface area contributed by atoms with Crippen molar-refractivity contribution in [2.45, 2.75) is 19.9 Å². The van der Waals surface area contributed by atoms with Crippen molar-refractivity contribution >= 4 is 27.4 Å². The van der Waals surface area contributed by atoms with Crippen molar-refractivity contribution in [3.05, 3.63) is 29.5 Å². The standard InChI is InChI=1S/C15H18N6OS/c1-10(14-18-11(2)19-22-14)20-4-6-21(7-5-20)13-12-3-8-23-15(12)17-9-16-13/h3,8-10H,4-7H2,1-2H3/t10-/m0/s1. The number of anilines is 1. The molecule has 3 aromatic rings. The number of rotatable bonds is 3. The van der Waals surface area contributed by atoms with Crippen LogP contribution in [0.25, 0.3) is 10.2 Å². The molecule has 7 nitrogen and oxygen atoms in total. The van der Waals surface area contributed by atoms with Gasteiger partial charge in [-0.2, -0.15) is 4.98 Å². The Morgan fingerprint density at radius 3 is 2.78 bits per heavy atom.